The van der Waals surface area contributed by atoms with Crippen molar-refractivity contribution in [3.05, 3.63) is 12.2 Å². The zero-order valence-corrected chi connectivity index (χ0v) is 9.10. The lowest BCUT2D eigenvalue weighted by Crippen LogP contribution is -2.05. The van der Waals surface area contributed by atoms with Gasteiger partial charge in [0.05, 0.1) is 0 Å². The monoisotopic (exact) mass is 238 g/mol. The number of carbonyl (C=O) groups excluding carboxylic acids is 1. The number of hydrogen-bond donors (Lipinski definition) is 1. The molecule has 0 aromatic rings. The van der Waals surface area contributed by atoms with Crippen LogP contribution in [0.25, 0.3) is 0 Å². The minimum Gasteiger partial charge on any atom is -0.478 e. The van der Waals surface area contributed by atoms with Gasteiger partial charge in [-0.1, -0.05) is 0 Å². The van der Waals surface area contributed by atoms with Crippen LogP contribution in [0.5, 0.6) is 0 Å². The van der Waals surface area contributed by atoms with E-state index in [-0.39, 0.29) is 0 Å². The molecule has 1 N–H and O–H groups in total. The largest absolute Gasteiger partial charge is 0.478 e. The average Bonchev–Trinajstić information content (AvgIpc) is 2.23. The quantitative estimate of drug-likeness (QED) is 0.411. The lowest BCUT2D eigenvalue weighted by Gasteiger charge is -2.12. The maximum atomic E-state index is 11.3. The zero-order chi connectivity index (χ0) is 11.9. The van der Waals surface area contributed by atoms with Crippen molar-refractivity contribution >= 4 is 19.5 Å². The first-order valence-corrected chi connectivity index (χ1v) is 5.44. The Balaban J connectivity index is 4.11. The Hall–Kier alpha value is -1.17. The van der Waals surface area contributed by atoms with Crippen molar-refractivity contribution in [1.82, 2.24) is 0 Å². The van der Waals surface area contributed by atoms with Gasteiger partial charge in [-0.05, 0) is 0 Å². The van der Waals surface area contributed by atoms with Crippen LogP contribution in [0.15, 0.2) is 12.2 Å². The standard InChI is InChI=1S/C7H11O7P/c1-12-15(11,13-2)5-14-7(10)4-3-6(8)9/h3-4H,5H2,1-2H3,(H,8,9)/b4-3+. The molecule has 0 saturated carbocycles. The second-order valence-electron chi connectivity index (χ2n) is 2.24. The number of aliphatic carboxylic acids is 1. The Labute approximate surface area is 86.2 Å². The second-order valence-corrected chi connectivity index (χ2v) is 4.45. The Morgan fingerprint density at radius 1 is 1.27 bits per heavy atom. The lowest BCUT2D eigenvalue weighted by atomic mass is 10.5. The van der Waals surface area contributed by atoms with Crippen LogP contribution in [-0.4, -0.2) is 37.6 Å². The predicted octanol–water partition coefficient (Wildman–Crippen LogP) is 0.614. The third-order valence-electron chi connectivity index (χ3n) is 1.28. The van der Waals surface area contributed by atoms with Gasteiger partial charge in [0.15, 0.2) is 6.35 Å². The van der Waals surface area contributed by atoms with E-state index in [1.165, 1.54) is 0 Å². The molecule has 15 heavy (non-hydrogen) atoms. The fourth-order valence-electron chi connectivity index (χ4n) is 0.510. The van der Waals surface area contributed by atoms with E-state index in [2.05, 4.69) is 13.8 Å². The van der Waals surface area contributed by atoms with Gasteiger partial charge in [0, 0.05) is 26.4 Å². The van der Waals surface area contributed by atoms with Crippen molar-refractivity contribution in [2.75, 3.05) is 20.6 Å². The Morgan fingerprint density at radius 3 is 2.20 bits per heavy atom. The third-order valence-corrected chi connectivity index (χ3v) is 2.84. The summed E-state index contributed by atoms with van der Waals surface area (Å²) >= 11 is 0. The third kappa shape index (κ3) is 6.01. The number of esters is 1. The smallest absolute Gasteiger partial charge is 0.367 e. The highest BCUT2D eigenvalue weighted by atomic mass is 31.2. The highest BCUT2D eigenvalue weighted by Crippen LogP contribution is 2.45. The van der Waals surface area contributed by atoms with Gasteiger partial charge in [-0.25, -0.2) is 9.59 Å². The molecular formula is C7H11O7P. The summed E-state index contributed by atoms with van der Waals surface area (Å²) in [6.45, 7) is 0. The molecule has 0 saturated heterocycles. The van der Waals surface area contributed by atoms with Gasteiger partial charge in [0.1, 0.15) is 0 Å². The van der Waals surface area contributed by atoms with Gasteiger partial charge < -0.3 is 18.9 Å². The van der Waals surface area contributed by atoms with Crippen molar-refractivity contribution < 1.29 is 33.0 Å². The molecule has 7 nitrogen and oxygen atoms in total. The maximum Gasteiger partial charge on any atom is 0.367 e. The molecule has 0 aliphatic carbocycles. The van der Waals surface area contributed by atoms with Gasteiger partial charge >= 0.3 is 19.5 Å². The minimum atomic E-state index is -3.41. The van der Waals surface area contributed by atoms with E-state index in [4.69, 9.17) is 5.11 Å². The molecule has 0 atom stereocenters. The van der Waals surface area contributed by atoms with Crippen LogP contribution in [0.2, 0.25) is 0 Å². The van der Waals surface area contributed by atoms with Gasteiger partial charge in [-0.2, -0.15) is 0 Å². The fourth-order valence-corrected chi connectivity index (χ4v) is 1.16. The molecule has 0 bridgehead atoms. The lowest BCUT2D eigenvalue weighted by molar-refractivity contribution is -0.137. The van der Waals surface area contributed by atoms with E-state index in [9.17, 15) is 14.2 Å². The number of carboxylic acids is 1. The van der Waals surface area contributed by atoms with Crippen LogP contribution < -0.4 is 0 Å². The summed E-state index contributed by atoms with van der Waals surface area (Å²) in [5, 5.41) is 8.18. The summed E-state index contributed by atoms with van der Waals surface area (Å²) in [4.78, 5) is 20.8. The van der Waals surface area contributed by atoms with E-state index in [0.717, 1.165) is 14.2 Å². The van der Waals surface area contributed by atoms with Crippen LogP contribution in [0.3, 0.4) is 0 Å². The molecule has 0 aromatic carbocycles. The van der Waals surface area contributed by atoms with Crippen molar-refractivity contribution in [3.8, 4) is 0 Å². The number of ether oxygens (including phenoxy) is 1. The molecule has 0 rings (SSSR count). The van der Waals surface area contributed by atoms with Crippen molar-refractivity contribution in [2.24, 2.45) is 0 Å². The van der Waals surface area contributed by atoms with Gasteiger partial charge in [-0.3, -0.25) is 4.57 Å². The van der Waals surface area contributed by atoms with Crippen LogP contribution in [0.4, 0.5) is 0 Å². The first-order valence-electron chi connectivity index (χ1n) is 3.72. The topological polar surface area (TPSA) is 99.1 Å². The van der Waals surface area contributed by atoms with Crippen molar-refractivity contribution in [2.45, 2.75) is 0 Å². The normalized spacial score (nSPS) is 11.6. The second kappa shape index (κ2) is 6.34. The Morgan fingerprint density at radius 2 is 1.80 bits per heavy atom. The summed E-state index contributed by atoms with van der Waals surface area (Å²) in [6, 6.07) is 0. The molecule has 0 aliphatic heterocycles. The van der Waals surface area contributed by atoms with Gasteiger partial charge in [0.2, 0.25) is 0 Å². The number of carbonyl (C=O) groups is 2. The van der Waals surface area contributed by atoms with Gasteiger partial charge in [-0.15, -0.1) is 0 Å². The van der Waals surface area contributed by atoms with E-state index in [1.54, 1.807) is 0 Å². The van der Waals surface area contributed by atoms with Crippen molar-refractivity contribution in [1.29, 1.82) is 0 Å². The first-order chi connectivity index (χ1) is 6.93. The summed E-state index contributed by atoms with van der Waals surface area (Å²) in [5.41, 5.74) is 0. The Bertz CT molecular complexity index is 300. The highest BCUT2D eigenvalue weighted by molar-refractivity contribution is 7.53. The van der Waals surface area contributed by atoms with Gasteiger partial charge in [0.25, 0.3) is 0 Å². The molecule has 0 unspecified atom stereocenters. The summed E-state index contributed by atoms with van der Waals surface area (Å²) < 4.78 is 24.7. The van der Waals surface area contributed by atoms with E-state index in [1.807, 2.05) is 0 Å². The predicted molar refractivity (Wildman–Crippen MR) is 49.4 cm³/mol. The van der Waals surface area contributed by atoms with E-state index in [0.29, 0.717) is 12.2 Å². The summed E-state index contributed by atoms with van der Waals surface area (Å²) in [6.07, 6.45) is 0.730. The maximum absolute atomic E-state index is 11.3. The molecule has 0 aliphatic rings. The molecule has 0 spiro atoms. The molecule has 0 radical (unpaired) electrons. The zero-order valence-electron chi connectivity index (χ0n) is 8.21. The molecule has 0 fully saturated rings. The molecule has 8 heteroatoms. The van der Waals surface area contributed by atoms with Crippen LogP contribution >= 0.6 is 7.60 Å². The number of carboxylic acid groups (broad SMARTS) is 1. The molecule has 0 amide bonds. The summed E-state index contributed by atoms with van der Waals surface area (Å²) in [7, 11) is -1.12. The molecule has 0 aromatic heterocycles. The van der Waals surface area contributed by atoms with E-state index >= 15 is 0 Å². The van der Waals surface area contributed by atoms with Crippen LogP contribution in [-0.2, 0) is 27.9 Å². The molecular weight excluding hydrogens is 227 g/mol. The highest BCUT2D eigenvalue weighted by Gasteiger charge is 2.22. The first kappa shape index (κ1) is 13.8. The molecule has 86 valence electrons. The molecule has 0 heterocycles. The van der Waals surface area contributed by atoms with Crippen LogP contribution in [0, 0.1) is 0 Å². The minimum absolute atomic E-state index is 0.567. The average molecular weight is 238 g/mol. The number of rotatable bonds is 6. The fraction of sp³-hybridized carbons (Fsp3) is 0.429. The SMILES string of the molecule is COP(=O)(COC(=O)/C=C/C(=O)O)OC. The van der Waals surface area contributed by atoms with Crippen molar-refractivity contribution in [3.63, 3.8) is 0 Å². The summed E-state index contributed by atoms with van der Waals surface area (Å²) in [5.74, 6) is -2.22. The Kier molecular flexibility index (Phi) is 5.84. The van der Waals surface area contributed by atoms with E-state index < -0.39 is 25.9 Å². The van der Waals surface area contributed by atoms with Crippen LogP contribution in [0.1, 0.15) is 0 Å². The number of hydrogen-bond acceptors (Lipinski definition) is 6.